The summed E-state index contributed by atoms with van der Waals surface area (Å²) >= 11 is 0. The van der Waals surface area contributed by atoms with E-state index in [-0.39, 0.29) is 0 Å². The summed E-state index contributed by atoms with van der Waals surface area (Å²) in [5, 5.41) is 0. The van der Waals surface area contributed by atoms with Gasteiger partial charge in [-0.2, -0.15) is 0 Å². The summed E-state index contributed by atoms with van der Waals surface area (Å²) in [5.41, 5.74) is 1.69. The predicted octanol–water partition coefficient (Wildman–Crippen LogP) is 2.00. The third kappa shape index (κ3) is 3.88. The molecule has 0 saturated heterocycles. The van der Waals surface area contributed by atoms with Crippen molar-refractivity contribution in [1.29, 1.82) is 0 Å². The third-order valence-electron chi connectivity index (χ3n) is 2.35. The normalized spacial score (nSPS) is 10.8. The Labute approximate surface area is 103 Å². The molecule has 1 rings (SSSR count). The van der Waals surface area contributed by atoms with Crippen LogP contribution in [-0.4, -0.2) is 15.0 Å². The monoisotopic (exact) mass is 251 g/mol. The molecule has 0 aliphatic rings. The Balaban J connectivity index is 2.88. The lowest BCUT2D eigenvalue weighted by Gasteiger charge is -2.09. The Bertz CT molecular complexity index is 551. The van der Waals surface area contributed by atoms with Crippen LogP contribution in [-0.2, 0) is 10.0 Å². The van der Waals surface area contributed by atoms with Crippen LogP contribution in [0.5, 0.6) is 0 Å². The Kier molecular flexibility index (Phi) is 4.73. The molecule has 92 valence electrons. The fraction of sp³-hybridized carbons (Fsp3) is 0.385. The van der Waals surface area contributed by atoms with Crippen molar-refractivity contribution < 1.29 is 8.42 Å². The molecule has 0 aliphatic heterocycles. The molecule has 17 heavy (non-hydrogen) atoms. The quantitative estimate of drug-likeness (QED) is 0.657. The maximum atomic E-state index is 12.0. The summed E-state index contributed by atoms with van der Waals surface area (Å²) in [6.07, 6.45) is 0.528. The molecule has 0 heterocycles. The minimum atomic E-state index is -3.41. The zero-order valence-corrected chi connectivity index (χ0v) is 11.2. The van der Waals surface area contributed by atoms with Crippen LogP contribution < -0.4 is 4.72 Å². The van der Waals surface area contributed by atoms with Gasteiger partial charge in [0.1, 0.15) is 0 Å². The SMILES string of the molecule is CC#CCCNS(=O)(=O)c1cc(C)ccc1C. The number of hydrogen-bond donors (Lipinski definition) is 1. The van der Waals surface area contributed by atoms with Crippen LogP contribution in [0.2, 0.25) is 0 Å². The van der Waals surface area contributed by atoms with E-state index in [1.807, 2.05) is 19.1 Å². The van der Waals surface area contributed by atoms with Gasteiger partial charge in [-0.15, -0.1) is 11.8 Å². The van der Waals surface area contributed by atoms with Crippen molar-refractivity contribution >= 4 is 10.0 Å². The van der Waals surface area contributed by atoms with Crippen molar-refractivity contribution in [3.63, 3.8) is 0 Å². The highest BCUT2D eigenvalue weighted by Crippen LogP contribution is 2.16. The minimum absolute atomic E-state index is 0.344. The number of aryl methyl sites for hydroxylation is 2. The Morgan fingerprint density at radius 1 is 1.29 bits per heavy atom. The van der Waals surface area contributed by atoms with Gasteiger partial charge in [-0.1, -0.05) is 12.1 Å². The average Bonchev–Trinajstić information content (AvgIpc) is 2.28. The standard InChI is InChI=1S/C13H17NO2S/c1-4-5-6-9-14-17(15,16)13-10-11(2)7-8-12(13)3/h7-8,10,14H,6,9H2,1-3H3. The first kappa shape index (κ1) is 13.8. The fourth-order valence-corrected chi connectivity index (χ4v) is 2.81. The maximum absolute atomic E-state index is 12.0. The lowest BCUT2D eigenvalue weighted by Crippen LogP contribution is -2.25. The van der Waals surface area contributed by atoms with E-state index >= 15 is 0 Å². The molecule has 0 aromatic heterocycles. The van der Waals surface area contributed by atoms with Crippen molar-refractivity contribution in [2.45, 2.75) is 32.1 Å². The first-order chi connectivity index (χ1) is 7.97. The van der Waals surface area contributed by atoms with Crippen LogP contribution in [0.1, 0.15) is 24.5 Å². The molecule has 4 heteroatoms. The Hall–Kier alpha value is -1.31. The van der Waals surface area contributed by atoms with Gasteiger partial charge in [0.15, 0.2) is 0 Å². The molecule has 1 aromatic carbocycles. The van der Waals surface area contributed by atoms with Crippen molar-refractivity contribution in [2.75, 3.05) is 6.54 Å². The van der Waals surface area contributed by atoms with E-state index in [1.54, 1.807) is 19.9 Å². The lowest BCUT2D eigenvalue weighted by molar-refractivity contribution is 0.581. The first-order valence-electron chi connectivity index (χ1n) is 5.44. The van der Waals surface area contributed by atoms with Gasteiger partial charge in [0.25, 0.3) is 0 Å². The molecule has 0 aliphatic carbocycles. The first-order valence-corrected chi connectivity index (χ1v) is 6.92. The van der Waals surface area contributed by atoms with Crippen molar-refractivity contribution in [2.24, 2.45) is 0 Å². The van der Waals surface area contributed by atoms with Crippen LogP contribution in [0.15, 0.2) is 23.1 Å². The summed E-state index contributed by atoms with van der Waals surface area (Å²) in [5.74, 6) is 5.55. The van der Waals surface area contributed by atoms with Gasteiger partial charge in [-0.25, -0.2) is 13.1 Å². The molecule has 0 amide bonds. The molecular formula is C13H17NO2S. The summed E-state index contributed by atoms with van der Waals surface area (Å²) < 4.78 is 26.6. The highest BCUT2D eigenvalue weighted by molar-refractivity contribution is 7.89. The van der Waals surface area contributed by atoms with Crippen molar-refractivity contribution in [1.82, 2.24) is 4.72 Å². The van der Waals surface area contributed by atoms with E-state index in [0.29, 0.717) is 17.9 Å². The van der Waals surface area contributed by atoms with Crippen LogP contribution in [0.3, 0.4) is 0 Å². The minimum Gasteiger partial charge on any atom is -0.210 e. The van der Waals surface area contributed by atoms with Crippen LogP contribution in [0.4, 0.5) is 0 Å². The predicted molar refractivity (Wildman–Crippen MR) is 69.2 cm³/mol. The third-order valence-corrected chi connectivity index (χ3v) is 3.96. The molecule has 0 bridgehead atoms. The highest BCUT2D eigenvalue weighted by atomic mass is 32.2. The molecule has 1 aromatic rings. The van der Waals surface area contributed by atoms with Crippen LogP contribution in [0.25, 0.3) is 0 Å². The second kappa shape index (κ2) is 5.85. The number of nitrogens with one attached hydrogen (secondary N) is 1. The van der Waals surface area contributed by atoms with Gasteiger partial charge in [0.05, 0.1) is 4.90 Å². The maximum Gasteiger partial charge on any atom is 0.240 e. The molecule has 0 fully saturated rings. The second-order valence-corrected chi connectivity index (χ2v) is 5.58. The smallest absolute Gasteiger partial charge is 0.210 e. The van der Waals surface area contributed by atoms with Crippen LogP contribution >= 0.6 is 0 Å². The van der Waals surface area contributed by atoms with E-state index in [4.69, 9.17) is 0 Å². The summed E-state index contributed by atoms with van der Waals surface area (Å²) in [6.45, 7) is 5.75. The van der Waals surface area contributed by atoms with Gasteiger partial charge in [0.2, 0.25) is 10.0 Å². The van der Waals surface area contributed by atoms with Gasteiger partial charge in [-0.3, -0.25) is 0 Å². The highest BCUT2D eigenvalue weighted by Gasteiger charge is 2.15. The van der Waals surface area contributed by atoms with Gasteiger partial charge in [-0.05, 0) is 38.0 Å². The number of sulfonamides is 1. The van der Waals surface area contributed by atoms with E-state index in [1.165, 1.54) is 0 Å². The van der Waals surface area contributed by atoms with Gasteiger partial charge < -0.3 is 0 Å². The summed E-state index contributed by atoms with van der Waals surface area (Å²) in [7, 11) is -3.41. The molecule has 0 saturated carbocycles. The average molecular weight is 251 g/mol. The molecule has 1 N–H and O–H groups in total. The summed E-state index contributed by atoms with van der Waals surface area (Å²) in [6, 6.07) is 5.40. The van der Waals surface area contributed by atoms with E-state index in [9.17, 15) is 8.42 Å². The fourth-order valence-electron chi connectivity index (χ4n) is 1.45. The Morgan fingerprint density at radius 3 is 2.65 bits per heavy atom. The largest absolute Gasteiger partial charge is 0.240 e. The summed E-state index contributed by atoms with van der Waals surface area (Å²) in [4.78, 5) is 0.349. The number of benzene rings is 1. The van der Waals surface area contributed by atoms with Crippen molar-refractivity contribution in [3.8, 4) is 11.8 Å². The van der Waals surface area contributed by atoms with E-state index in [0.717, 1.165) is 11.1 Å². The van der Waals surface area contributed by atoms with E-state index < -0.39 is 10.0 Å². The zero-order valence-electron chi connectivity index (χ0n) is 10.4. The molecule has 0 spiro atoms. The van der Waals surface area contributed by atoms with Gasteiger partial charge in [0, 0.05) is 13.0 Å². The lowest BCUT2D eigenvalue weighted by atomic mass is 10.2. The molecule has 0 radical (unpaired) electrons. The van der Waals surface area contributed by atoms with Crippen LogP contribution in [0, 0.1) is 25.7 Å². The number of rotatable bonds is 4. The second-order valence-electron chi connectivity index (χ2n) is 3.84. The zero-order chi connectivity index (χ0) is 12.9. The molecule has 3 nitrogen and oxygen atoms in total. The molecule has 0 unspecified atom stereocenters. The molecular weight excluding hydrogens is 234 g/mol. The molecule has 0 atom stereocenters. The van der Waals surface area contributed by atoms with Gasteiger partial charge >= 0.3 is 0 Å². The van der Waals surface area contributed by atoms with Crippen molar-refractivity contribution in [3.05, 3.63) is 29.3 Å². The van der Waals surface area contributed by atoms with E-state index in [2.05, 4.69) is 16.6 Å². The Morgan fingerprint density at radius 2 is 2.00 bits per heavy atom. The topological polar surface area (TPSA) is 46.2 Å². The number of hydrogen-bond acceptors (Lipinski definition) is 2.